The number of fused-ring (bicyclic) bond motifs is 1. The van der Waals surface area contributed by atoms with Gasteiger partial charge in [0.1, 0.15) is 0 Å². The number of rotatable bonds is 3. The maximum Gasteiger partial charge on any atom is 0.0334 e. The summed E-state index contributed by atoms with van der Waals surface area (Å²) in [5.41, 5.74) is 7.51. The lowest BCUT2D eigenvalue weighted by atomic mass is 9.97. The minimum absolute atomic E-state index is 0.573. The van der Waals surface area contributed by atoms with Crippen LogP contribution in [0.4, 0.5) is 0 Å². The van der Waals surface area contributed by atoms with Crippen molar-refractivity contribution in [1.29, 1.82) is 0 Å². The highest BCUT2D eigenvalue weighted by atomic mass is 32.1. The molecule has 1 aromatic heterocycles. The number of nitrogens with two attached hydrogens (primary N) is 1. The summed E-state index contributed by atoms with van der Waals surface area (Å²) in [6.07, 6.45) is 4.00. The lowest BCUT2D eigenvalue weighted by molar-refractivity contribution is 0.123. The monoisotopic (exact) mass is 236 g/mol. The van der Waals surface area contributed by atoms with E-state index in [-0.39, 0.29) is 0 Å². The Kier molecular flexibility index (Phi) is 2.78. The zero-order chi connectivity index (χ0) is 11.1. The number of hydrogen-bond acceptors (Lipinski definition) is 3. The van der Waals surface area contributed by atoms with Crippen LogP contribution in [0.25, 0.3) is 0 Å². The lowest BCUT2D eigenvalue weighted by Crippen LogP contribution is -2.46. The Morgan fingerprint density at radius 3 is 3.06 bits per heavy atom. The fourth-order valence-corrected chi connectivity index (χ4v) is 4.02. The lowest BCUT2D eigenvalue weighted by Gasteiger charge is -2.39. The van der Waals surface area contributed by atoms with Crippen molar-refractivity contribution in [2.45, 2.75) is 38.3 Å². The SMILES string of the molecule is CC1c2ccsc2CCN1C(CN)C1CC1. The summed E-state index contributed by atoms with van der Waals surface area (Å²) in [5, 5.41) is 2.24. The van der Waals surface area contributed by atoms with Crippen molar-refractivity contribution in [1.82, 2.24) is 4.90 Å². The van der Waals surface area contributed by atoms with E-state index in [9.17, 15) is 0 Å². The van der Waals surface area contributed by atoms with Gasteiger partial charge in [-0.1, -0.05) is 0 Å². The van der Waals surface area contributed by atoms with Gasteiger partial charge in [-0.05, 0) is 49.1 Å². The minimum atomic E-state index is 0.573. The summed E-state index contributed by atoms with van der Waals surface area (Å²) in [6, 6.07) is 3.50. The summed E-state index contributed by atoms with van der Waals surface area (Å²) >= 11 is 1.92. The molecule has 0 amide bonds. The Hall–Kier alpha value is -0.380. The first-order chi connectivity index (χ1) is 7.81. The molecule has 1 saturated carbocycles. The van der Waals surface area contributed by atoms with Gasteiger partial charge in [-0.15, -0.1) is 11.3 Å². The van der Waals surface area contributed by atoms with Crippen molar-refractivity contribution in [3.63, 3.8) is 0 Å². The van der Waals surface area contributed by atoms with E-state index in [1.807, 2.05) is 11.3 Å². The van der Waals surface area contributed by atoms with Gasteiger partial charge in [0.05, 0.1) is 0 Å². The van der Waals surface area contributed by atoms with Gasteiger partial charge < -0.3 is 5.73 Å². The molecule has 1 aliphatic carbocycles. The van der Waals surface area contributed by atoms with E-state index in [0.29, 0.717) is 12.1 Å². The molecular formula is C13H20N2S. The van der Waals surface area contributed by atoms with Gasteiger partial charge in [-0.3, -0.25) is 4.90 Å². The summed E-state index contributed by atoms with van der Waals surface area (Å²) in [6.45, 7) is 4.37. The van der Waals surface area contributed by atoms with Crippen LogP contribution in [0.5, 0.6) is 0 Å². The zero-order valence-electron chi connectivity index (χ0n) is 9.86. The molecule has 2 unspecified atom stereocenters. The van der Waals surface area contributed by atoms with Crippen molar-refractivity contribution in [2.24, 2.45) is 11.7 Å². The average Bonchev–Trinajstić information content (AvgIpc) is 3.00. The normalized spacial score (nSPS) is 27.8. The van der Waals surface area contributed by atoms with Gasteiger partial charge in [0.2, 0.25) is 0 Å². The van der Waals surface area contributed by atoms with E-state index in [0.717, 1.165) is 12.5 Å². The molecule has 1 aliphatic heterocycles. The van der Waals surface area contributed by atoms with Gasteiger partial charge in [-0.25, -0.2) is 0 Å². The average molecular weight is 236 g/mol. The fraction of sp³-hybridized carbons (Fsp3) is 0.692. The molecule has 2 heterocycles. The molecule has 1 fully saturated rings. The van der Waals surface area contributed by atoms with Gasteiger partial charge in [-0.2, -0.15) is 0 Å². The number of thiophene rings is 1. The summed E-state index contributed by atoms with van der Waals surface area (Å²) in [5.74, 6) is 0.882. The Bertz CT molecular complexity index is 370. The molecule has 0 saturated heterocycles. The molecule has 2 N–H and O–H groups in total. The minimum Gasteiger partial charge on any atom is -0.329 e. The Morgan fingerprint density at radius 2 is 2.38 bits per heavy atom. The Morgan fingerprint density at radius 1 is 1.56 bits per heavy atom. The molecule has 3 rings (SSSR count). The Labute approximate surface area is 101 Å². The van der Waals surface area contributed by atoms with E-state index in [1.165, 1.54) is 25.8 Å². The van der Waals surface area contributed by atoms with Crippen LogP contribution in [0.1, 0.15) is 36.2 Å². The number of nitrogens with zero attached hydrogens (tertiary/aromatic N) is 1. The van der Waals surface area contributed by atoms with Gasteiger partial charge >= 0.3 is 0 Å². The third-order valence-corrected chi connectivity index (χ3v) is 5.15. The van der Waals surface area contributed by atoms with Gasteiger partial charge in [0.15, 0.2) is 0 Å². The van der Waals surface area contributed by atoms with Gasteiger partial charge in [0.25, 0.3) is 0 Å². The molecule has 2 nitrogen and oxygen atoms in total. The predicted molar refractivity (Wildman–Crippen MR) is 68.7 cm³/mol. The van der Waals surface area contributed by atoms with Crippen LogP contribution in [-0.4, -0.2) is 24.0 Å². The first kappa shape index (κ1) is 10.8. The third-order valence-electron chi connectivity index (χ3n) is 4.16. The van der Waals surface area contributed by atoms with Crippen molar-refractivity contribution in [3.05, 3.63) is 21.9 Å². The largest absolute Gasteiger partial charge is 0.329 e. The molecule has 0 aromatic carbocycles. The van der Waals surface area contributed by atoms with E-state index in [1.54, 1.807) is 10.4 Å². The molecule has 0 bridgehead atoms. The molecule has 88 valence electrons. The molecule has 2 atom stereocenters. The first-order valence-electron chi connectivity index (χ1n) is 6.33. The maximum atomic E-state index is 5.96. The predicted octanol–water partition coefficient (Wildman–Crippen LogP) is 2.40. The molecule has 1 aromatic rings. The van der Waals surface area contributed by atoms with Crippen molar-refractivity contribution >= 4 is 11.3 Å². The Balaban J connectivity index is 1.82. The van der Waals surface area contributed by atoms with E-state index in [4.69, 9.17) is 5.73 Å². The first-order valence-corrected chi connectivity index (χ1v) is 7.21. The molecule has 0 spiro atoms. The van der Waals surface area contributed by atoms with Crippen LogP contribution in [0.2, 0.25) is 0 Å². The van der Waals surface area contributed by atoms with Crippen LogP contribution in [-0.2, 0) is 6.42 Å². The highest BCUT2D eigenvalue weighted by Crippen LogP contribution is 2.41. The van der Waals surface area contributed by atoms with Crippen LogP contribution >= 0.6 is 11.3 Å². The second kappa shape index (κ2) is 4.13. The third kappa shape index (κ3) is 1.71. The molecular weight excluding hydrogens is 216 g/mol. The zero-order valence-corrected chi connectivity index (χ0v) is 10.7. The van der Waals surface area contributed by atoms with Crippen molar-refractivity contribution < 1.29 is 0 Å². The molecule has 0 radical (unpaired) electrons. The second-order valence-electron chi connectivity index (χ2n) is 5.10. The molecule has 16 heavy (non-hydrogen) atoms. The highest BCUT2D eigenvalue weighted by Gasteiger charge is 2.38. The second-order valence-corrected chi connectivity index (χ2v) is 6.10. The van der Waals surface area contributed by atoms with Crippen LogP contribution in [0, 0.1) is 5.92 Å². The maximum absolute atomic E-state index is 5.96. The topological polar surface area (TPSA) is 29.3 Å². The summed E-state index contributed by atoms with van der Waals surface area (Å²) < 4.78 is 0. The fourth-order valence-electron chi connectivity index (χ4n) is 3.06. The van der Waals surface area contributed by atoms with E-state index in [2.05, 4.69) is 23.3 Å². The smallest absolute Gasteiger partial charge is 0.0334 e. The summed E-state index contributed by atoms with van der Waals surface area (Å²) in [4.78, 5) is 4.24. The summed E-state index contributed by atoms with van der Waals surface area (Å²) in [7, 11) is 0. The highest BCUT2D eigenvalue weighted by molar-refractivity contribution is 7.10. The van der Waals surface area contributed by atoms with Crippen LogP contribution in [0.15, 0.2) is 11.4 Å². The molecule has 2 aliphatic rings. The van der Waals surface area contributed by atoms with Crippen molar-refractivity contribution in [2.75, 3.05) is 13.1 Å². The number of hydrogen-bond donors (Lipinski definition) is 1. The standard InChI is InChI=1S/C13H20N2S/c1-9-11-5-7-16-13(11)4-6-15(9)12(8-14)10-2-3-10/h5,7,9-10,12H,2-4,6,8,14H2,1H3. The van der Waals surface area contributed by atoms with E-state index >= 15 is 0 Å². The van der Waals surface area contributed by atoms with Gasteiger partial charge in [0, 0.05) is 30.1 Å². The van der Waals surface area contributed by atoms with Crippen LogP contribution < -0.4 is 5.73 Å². The van der Waals surface area contributed by atoms with E-state index < -0.39 is 0 Å². The quantitative estimate of drug-likeness (QED) is 0.873. The van der Waals surface area contributed by atoms with Crippen LogP contribution in [0.3, 0.4) is 0 Å². The van der Waals surface area contributed by atoms with Crippen molar-refractivity contribution in [3.8, 4) is 0 Å². The molecule has 3 heteroatoms.